The van der Waals surface area contributed by atoms with Crippen molar-refractivity contribution in [1.82, 2.24) is 4.57 Å². The lowest BCUT2D eigenvalue weighted by atomic mass is 9.33. The molecule has 57 heavy (non-hydrogen) atoms. The Morgan fingerprint density at radius 3 is 1.44 bits per heavy atom. The molecular formula is C55H34BN. The molecule has 0 amide bonds. The van der Waals surface area contributed by atoms with Gasteiger partial charge >= 0.3 is 0 Å². The van der Waals surface area contributed by atoms with E-state index in [2.05, 4.69) is 211 Å². The molecule has 0 bridgehead atoms. The fourth-order valence-corrected chi connectivity index (χ4v) is 11.2. The molecule has 0 saturated carbocycles. The lowest BCUT2D eigenvalue weighted by Gasteiger charge is -2.42. The molecule has 1 aliphatic carbocycles. The molecule has 9 aromatic carbocycles. The van der Waals surface area contributed by atoms with E-state index in [1.54, 1.807) is 0 Å². The first-order chi connectivity index (χ1) is 28.3. The van der Waals surface area contributed by atoms with Gasteiger partial charge in [0.2, 0.25) is 6.71 Å². The fourth-order valence-electron chi connectivity index (χ4n) is 11.2. The molecule has 3 aliphatic rings. The molecule has 0 saturated heterocycles. The summed E-state index contributed by atoms with van der Waals surface area (Å²) in [6.45, 7) is -0.0406. The molecule has 262 valence electrons. The zero-order valence-corrected chi connectivity index (χ0v) is 31.2. The smallest absolute Gasteiger partial charge is 0.248 e. The van der Waals surface area contributed by atoms with Crippen LogP contribution in [0.4, 0.5) is 0 Å². The van der Waals surface area contributed by atoms with Crippen LogP contribution in [-0.2, 0) is 5.41 Å². The number of aromatic nitrogens is 1. The monoisotopic (exact) mass is 719 g/mol. The van der Waals surface area contributed by atoms with E-state index in [0.717, 1.165) is 0 Å². The van der Waals surface area contributed by atoms with Gasteiger partial charge in [-0.25, -0.2) is 0 Å². The van der Waals surface area contributed by atoms with E-state index in [0.29, 0.717) is 0 Å². The fraction of sp³-hybridized carbons (Fsp3) is 0.0182. The van der Waals surface area contributed by atoms with E-state index >= 15 is 0 Å². The molecule has 1 spiro atoms. The van der Waals surface area contributed by atoms with Crippen LogP contribution in [0.5, 0.6) is 0 Å². The summed E-state index contributed by atoms with van der Waals surface area (Å²) in [5, 5.41) is 2.63. The molecule has 1 nitrogen and oxygen atoms in total. The average molecular weight is 720 g/mol. The van der Waals surface area contributed by atoms with Gasteiger partial charge in [-0.1, -0.05) is 200 Å². The third-order valence-electron chi connectivity index (χ3n) is 13.3. The molecule has 2 heteroatoms. The molecule has 0 unspecified atom stereocenters. The average Bonchev–Trinajstić information content (AvgIpc) is 3.79. The highest BCUT2D eigenvalue weighted by atomic mass is 15.0. The number of hydrogen-bond donors (Lipinski definition) is 0. The van der Waals surface area contributed by atoms with Crippen molar-refractivity contribution in [2.45, 2.75) is 5.41 Å². The van der Waals surface area contributed by atoms with Gasteiger partial charge in [-0.3, -0.25) is 0 Å². The van der Waals surface area contributed by atoms with E-state index in [1.807, 2.05) is 0 Å². The van der Waals surface area contributed by atoms with E-state index in [9.17, 15) is 0 Å². The Morgan fingerprint density at radius 2 is 0.807 bits per heavy atom. The van der Waals surface area contributed by atoms with Crippen LogP contribution in [-0.4, -0.2) is 11.3 Å². The van der Waals surface area contributed by atoms with Gasteiger partial charge in [0.1, 0.15) is 0 Å². The Kier molecular flexibility index (Phi) is 6.24. The van der Waals surface area contributed by atoms with Crippen LogP contribution in [0, 0.1) is 0 Å². The molecule has 13 rings (SSSR count). The predicted octanol–water partition coefficient (Wildman–Crippen LogP) is 11.3. The number of fused-ring (bicyclic) bond motifs is 8. The maximum absolute atomic E-state index is 2.66. The van der Waals surface area contributed by atoms with Crippen molar-refractivity contribution in [3.63, 3.8) is 0 Å². The molecule has 0 N–H and O–H groups in total. The quantitative estimate of drug-likeness (QED) is 0.160. The topological polar surface area (TPSA) is 4.93 Å². The Labute approximate surface area is 332 Å². The van der Waals surface area contributed by atoms with Gasteiger partial charge in [-0.05, 0) is 89.8 Å². The maximum Gasteiger partial charge on any atom is 0.248 e. The highest BCUT2D eigenvalue weighted by molar-refractivity contribution is 6.99. The molecule has 1 aromatic heterocycles. The highest BCUT2D eigenvalue weighted by Gasteiger charge is 2.53. The minimum Gasteiger partial charge on any atom is -0.310 e. The first-order valence-electron chi connectivity index (χ1n) is 20.1. The Hall–Kier alpha value is -7.16. The van der Waals surface area contributed by atoms with Crippen LogP contribution in [0.1, 0.15) is 22.3 Å². The number of hydrogen-bond acceptors (Lipinski definition) is 0. The Balaban J connectivity index is 1.23. The summed E-state index contributed by atoms with van der Waals surface area (Å²) in [5.74, 6) is 0. The lowest BCUT2D eigenvalue weighted by molar-refractivity contribution is 0.750. The van der Waals surface area contributed by atoms with Gasteiger partial charge in [-0.2, -0.15) is 0 Å². The van der Waals surface area contributed by atoms with Gasteiger partial charge in [0.15, 0.2) is 0 Å². The van der Waals surface area contributed by atoms with Gasteiger partial charge in [0.05, 0.1) is 10.9 Å². The molecule has 0 fully saturated rings. The summed E-state index contributed by atoms with van der Waals surface area (Å²) in [7, 11) is 0. The van der Waals surface area contributed by atoms with Gasteiger partial charge in [0.25, 0.3) is 0 Å². The van der Waals surface area contributed by atoms with Crippen LogP contribution in [0.3, 0.4) is 0 Å². The Morgan fingerprint density at radius 1 is 0.333 bits per heavy atom. The third kappa shape index (κ3) is 3.94. The summed E-state index contributed by atoms with van der Waals surface area (Å²) in [4.78, 5) is 0. The third-order valence-corrected chi connectivity index (χ3v) is 13.3. The van der Waals surface area contributed by atoms with E-state index < -0.39 is 5.41 Å². The normalized spacial score (nSPS) is 13.7. The second-order valence-corrected chi connectivity index (χ2v) is 15.9. The van der Waals surface area contributed by atoms with Crippen molar-refractivity contribution < 1.29 is 0 Å². The summed E-state index contributed by atoms with van der Waals surface area (Å²) in [6, 6.07) is 77.6. The standard InChI is InChI=1S/C55H34BN/c1-4-17-35(18-5-1)38-33-43(36-19-6-2-7-20-36)51(44(34-38)37-21-8-3-9-22-37)56-49-31-15-26-42-41-25-14-29-47-52(41)57(53(42)49)54-48(30-16-32-50(54)56)55(47)45-27-12-10-23-39(45)40-24-11-13-28-46(40)55/h1-34H. The van der Waals surface area contributed by atoms with Crippen LogP contribution < -0.4 is 16.4 Å². The summed E-state index contributed by atoms with van der Waals surface area (Å²) in [6.07, 6.45) is 0. The molecule has 0 atom stereocenters. The summed E-state index contributed by atoms with van der Waals surface area (Å²) in [5.41, 5.74) is 23.1. The van der Waals surface area contributed by atoms with Gasteiger partial charge in [-0.15, -0.1) is 0 Å². The van der Waals surface area contributed by atoms with Crippen LogP contribution >= 0.6 is 0 Å². The molecular weight excluding hydrogens is 685 g/mol. The zero-order chi connectivity index (χ0) is 37.2. The number of benzene rings is 9. The Bertz CT molecular complexity index is 3180. The minimum atomic E-state index is -0.466. The van der Waals surface area contributed by atoms with Crippen molar-refractivity contribution >= 4 is 44.9 Å². The predicted molar refractivity (Wildman–Crippen MR) is 239 cm³/mol. The molecule has 2 aliphatic heterocycles. The minimum absolute atomic E-state index is 0.0406. The number of rotatable bonds is 4. The molecule has 0 radical (unpaired) electrons. The SMILES string of the molecule is c1ccc(-c2cc(-c3ccccc3)c(B3c4cccc5c4-n4c6c3cccc6c3cccc(c34)C53c4ccccc4-c4ccccc43)c(-c3ccccc3)c2)cc1. The van der Waals surface area contributed by atoms with Crippen molar-refractivity contribution in [2.75, 3.05) is 0 Å². The van der Waals surface area contributed by atoms with Crippen LogP contribution in [0.2, 0.25) is 0 Å². The lowest BCUT2D eigenvalue weighted by Crippen LogP contribution is -2.58. The maximum atomic E-state index is 2.66. The largest absolute Gasteiger partial charge is 0.310 e. The van der Waals surface area contributed by atoms with E-state index in [4.69, 9.17) is 0 Å². The number of nitrogens with zero attached hydrogens (tertiary/aromatic N) is 1. The second kappa shape index (κ2) is 11.4. The summed E-state index contributed by atoms with van der Waals surface area (Å²) >= 11 is 0. The van der Waals surface area contributed by atoms with E-state index in [1.165, 1.54) is 111 Å². The van der Waals surface area contributed by atoms with Crippen molar-refractivity contribution in [1.29, 1.82) is 0 Å². The first kappa shape index (κ1) is 31.1. The molecule has 3 heterocycles. The highest BCUT2D eigenvalue weighted by Crippen LogP contribution is 2.61. The second-order valence-electron chi connectivity index (χ2n) is 15.9. The van der Waals surface area contributed by atoms with Gasteiger partial charge < -0.3 is 4.57 Å². The van der Waals surface area contributed by atoms with Gasteiger partial charge in [0, 0.05) is 22.0 Å². The van der Waals surface area contributed by atoms with Crippen LogP contribution in [0.15, 0.2) is 206 Å². The molecule has 10 aromatic rings. The summed E-state index contributed by atoms with van der Waals surface area (Å²) < 4.78 is 2.66. The van der Waals surface area contributed by atoms with Crippen molar-refractivity contribution in [3.05, 3.63) is 229 Å². The van der Waals surface area contributed by atoms with E-state index in [-0.39, 0.29) is 6.71 Å². The number of para-hydroxylation sites is 3. The van der Waals surface area contributed by atoms with Crippen molar-refractivity contribution in [2.24, 2.45) is 0 Å². The van der Waals surface area contributed by atoms with Crippen LogP contribution in [0.25, 0.3) is 72.0 Å². The first-order valence-corrected chi connectivity index (χ1v) is 20.1. The zero-order valence-electron chi connectivity index (χ0n) is 31.2. The van der Waals surface area contributed by atoms with Crippen molar-refractivity contribution in [3.8, 4) is 50.2 Å².